The van der Waals surface area contributed by atoms with Crippen LogP contribution in [-0.2, 0) is 4.79 Å². The zero-order chi connectivity index (χ0) is 16.3. The fourth-order valence-corrected chi connectivity index (χ4v) is 2.19. The van der Waals surface area contributed by atoms with Gasteiger partial charge in [-0.1, -0.05) is 0 Å². The second kappa shape index (κ2) is 6.78. The van der Waals surface area contributed by atoms with E-state index in [2.05, 4.69) is 5.32 Å². The Balaban J connectivity index is 2.04. The molecule has 5 nitrogen and oxygen atoms in total. The number of halogens is 3. The van der Waals surface area contributed by atoms with Gasteiger partial charge in [0.25, 0.3) is 5.91 Å². The molecular weight excluding hydrogens is 299 g/mol. The third-order valence-corrected chi connectivity index (χ3v) is 3.42. The number of amides is 2. The zero-order valence-corrected chi connectivity index (χ0v) is 12.0. The Morgan fingerprint density at radius 1 is 1.18 bits per heavy atom. The Labute approximate surface area is 125 Å². The third-order valence-electron chi connectivity index (χ3n) is 3.42. The first-order valence-corrected chi connectivity index (χ1v) is 6.78. The van der Waals surface area contributed by atoms with Crippen molar-refractivity contribution in [3.8, 4) is 0 Å². The highest BCUT2D eigenvalue weighted by Crippen LogP contribution is 2.15. The summed E-state index contributed by atoms with van der Waals surface area (Å²) in [6, 6.07) is 1.24. The third kappa shape index (κ3) is 3.56. The van der Waals surface area contributed by atoms with E-state index >= 15 is 0 Å². The molecule has 0 aliphatic carbocycles. The fourth-order valence-electron chi connectivity index (χ4n) is 2.19. The largest absolute Gasteiger partial charge is 0.339 e. The normalized spacial score (nSPS) is 14.8. The highest BCUT2D eigenvalue weighted by molar-refractivity contribution is 5.96. The number of carbonyl (C=O) groups excluding carboxylic acids is 2. The van der Waals surface area contributed by atoms with Crippen molar-refractivity contribution in [1.29, 1.82) is 0 Å². The minimum Gasteiger partial charge on any atom is -0.339 e. The molecule has 22 heavy (non-hydrogen) atoms. The van der Waals surface area contributed by atoms with E-state index in [9.17, 15) is 22.8 Å². The van der Waals surface area contributed by atoms with E-state index < -0.39 is 23.4 Å². The number of hydrogen-bond acceptors (Lipinski definition) is 3. The number of carbonyl (C=O) groups is 2. The Hall–Kier alpha value is -2.09. The lowest BCUT2D eigenvalue weighted by atomic mass is 10.2. The molecule has 2 rings (SSSR count). The zero-order valence-electron chi connectivity index (χ0n) is 12.0. The average molecular weight is 315 g/mol. The van der Waals surface area contributed by atoms with Crippen LogP contribution >= 0.6 is 0 Å². The molecule has 1 saturated heterocycles. The SMILES string of the molecule is CN(CC(=O)N1CCNCC1)C(=O)c1cc(F)c(F)c(F)c1. The van der Waals surface area contributed by atoms with Crippen molar-refractivity contribution < 1.29 is 22.8 Å². The van der Waals surface area contributed by atoms with Crippen molar-refractivity contribution in [3.63, 3.8) is 0 Å². The summed E-state index contributed by atoms with van der Waals surface area (Å²) in [6.07, 6.45) is 0. The summed E-state index contributed by atoms with van der Waals surface area (Å²) in [5.74, 6) is -5.51. The van der Waals surface area contributed by atoms with E-state index in [1.165, 1.54) is 7.05 Å². The van der Waals surface area contributed by atoms with Crippen LogP contribution in [0.3, 0.4) is 0 Å². The lowest BCUT2D eigenvalue weighted by molar-refractivity contribution is -0.132. The molecule has 0 radical (unpaired) electrons. The Kier molecular flexibility index (Phi) is 5.02. The molecule has 1 aliphatic heterocycles. The molecule has 0 atom stereocenters. The van der Waals surface area contributed by atoms with Crippen LogP contribution in [0.1, 0.15) is 10.4 Å². The van der Waals surface area contributed by atoms with Gasteiger partial charge in [-0.3, -0.25) is 9.59 Å². The summed E-state index contributed by atoms with van der Waals surface area (Å²) < 4.78 is 39.2. The smallest absolute Gasteiger partial charge is 0.254 e. The summed E-state index contributed by atoms with van der Waals surface area (Å²) in [5.41, 5.74) is -0.341. The monoisotopic (exact) mass is 315 g/mol. The maximum atomic E-state index is 13.1. The Morgan fingerprint density at radius 2 is 1.73 bits per heavy atom. The Morgan fingerprint density at radius 3 is 2.27 bits per heavy atom. The van der Waals surface area contributed by atoms with Crippen molar-refractivity contribution in [2.45, 2.75) is 0 Å². The van der Waals surface area contributed by atoms with Gasteiger partial charge in [0.2, 0.25) is 5.91 Å². The molecular formula is C14H16F3N3O2. The molecule has 2 amide bonds. The van der Waals surface area contributed by atoms with Gasteiger partial charge in [-0.05, 0) is 12.1 Å². The van der Waals surface area contributed by atoms with E-state index in [0.29, 0.717) is 38.3 Å². The van der Waals surface area contributed by atoms with Gasteiger partial charge in [-0.25, -0.2) is 13.2 Å². The molecule has 120 valence electrons. The van der Waals surface area contributed by atoms with E-state index in [-0.39, 0.29) is 18.0 Å². The maximum absolute atomic E-state index is 13.1. The first-order valence-electron chi connectivity index (χ1n) is 6.78. The van der Waals surface area contributed by atoms with Crippen LogP contribution in [0.5, 0.6) is 0 Å². The predicted molar refractivity (Wildman–Crippen MR) is 72.7 cm³/mol. The predicted octanol–water partition coefficient (Wildman–Crippen LogP) is 0.608. The number of hydrogen-bond donors (Lipinski definition) is 1. The number of piperazine rings is 1. The van der Waals surface area contributed by atoms with Gasteiger partial charge in [-0.2, -0.15) is 0 Å². The molecule has 1 heterocycles. The summed E-state index contributed by atoms with van der Waals surface area (Å²) in [6.45, 7) is 2.23. The molecule has 1 fully saturated rings. The summed E-state index contributed by atoms with van der Waals surface area (Å²) in [5, 5.41) is 3.10. The lowest BCUT2D eigenvalue weighted by Crippen LogP contribution is -2.49. The van der Waals surface area contributed by atoms with Gasteiger partial charge >= 0.3 is 0 Å². The van der Waals surface area contributed by atoms with Crippen molar-refractivity contribution in [2.24, 2.45) is 0 Å². The highest BCUT2D eigenvalue weighted by Gasteiger charge is 2.22. The molecule has 1 aliphatic rings. The van der Waals surface area contributed by atoms with Gasteiger partial charge < -0.3 is 15.1 Å². The van der Waals surface area contributed by atoms with Crippen LogP contribution in [0.4, 0.5) is 13.2 Å². The first kappa shape index (κ1) is 16.3. The highest BCUT2D eigenvalue weighted by atomic mass is 19.2. The average Bonchev–Trinajstić information content (AvgIpc) is 2.52. The molecule has 0 saturated carbocycles. The lowest BCUT2D eigenvalue weighted by Gasteiger charge is -2.29. The van der Waals surface area contributed by atoms with E-state index in [1.54, 1.807) is 4.90 Å². The maximum Gasteiger partial charge on any atom is 0.254 e. The minimum atomic E-state index is -1.63. The van der Waals surface area contributed by atoms with Crippen LogP contribution in [0.2, 0.25) is 0 Å². The molecule has 0 unspecified atom stereocenters. The first-order chi connectivity index (χ1) is 10.4. The Bertz CT molecular complexity index is 566. The van der Waals surface area contributed by atoms with Crippen molar-refractivity contribution in [1.82, 2.24) is 15.1 Å². The van der Waals surface area contributed by atoms with Gasteiger partial charge in [0.05, 0.1) is 6.54 Å². The number of likely N-dealkylation sites (N-methyl/N-ethyl adjacent to an activating group) is 1. The molecule has 0 spiro atoms. The molecule has 8 heteroatoms. The second-order valence-electron chi connectivity index (χ2n) is 5.05. The van der Waals surface area contributed by atoms with Gasteiger partial charge in [0.1, 0.15) is 0 Å². The standard InChI is InChI=1S/C14H16F3N3O2/c1-19(8-12(21)20-4-2-18-3-5-20)14(22)9-6-10(15)13(17)11(16)7-9/h6-7,18H,2-5,8H2,1H3. The van der Waals surface area contributed by atoms with Crippen LogP contribution in [0.15, 0.2) is 12.1 Å². The fraction of sp³-hybridized carbons (Fsp3) is 0.429. The van der Waals surface area contributed by atoms with Gasteiger partial charge in [-0.15, -0.1) is 0 Å². The minimum absolute atomic E-state index is 0.209. The summed E-state index contributed by atoms with van der Waals surface area (Å²) in [7, 11) is 1.35. The summed E-state index contributed by atoms with van der Waals surface area (Å²) in [4.78, 5) is 26.7. The van der Waals surface area contributed by atoms with Gasteiger partial charge in [0, 0.05) is 38.8 Å². The molecule has 1 N–H and O–H groups in total. The van der Waals surface area contributed by atoms with Crippen molar-refractivity contribution >= 4 is 11.8 Å². The van der Waals surface area contributed by atoms with Crippen molar-refractivity contribution in [3.05, 3.63) is 35.1 Å². The van der Waals surface area contributed by atoms with Crippen LogP contribution in [0, 0.1) is 17.5 Å². The van der Waals surface area contributed by atoms with E-state index in [0.717, 1.165) is 4.90 Å². The number of benzene rings is 1. The molecule has 1 aromatic rings. The molecule has 0 aromatic heterocycles. The van der Waals surface area contributed by atoms with Crippen LogP contribution in [0.25, 0.3) is 0 Å². The number of nitrogens with one attached hydrogen (secondary N) is 1. The van der Waals surface area contributed by atoms with E-state index in [4.69, 9.17) is 0 Å². The molecule has 1 aromatic carbocycles. The quantitative estimate of drug-likeness (QED) is 0.832. The number of nitrogens with zero attached hydrogens (tertiary/aromatic N) is 2. The topological polar surface area (TPSA) is 52.7 Å². The molecule has 0 bridgehead atoms. The van der Waals surface area contributed by atoms with Crippen LogP contribution < -0.4 is 5.32 Å². The van der Waals surface area contributed by atoms with Crippen LogP contribution in [-0.4, -0.2) is 61.4 Å². The second-order valence-corrected chi connectivity index (χ2v) is 5.05. The van der Waals surface area contributed by atoms with Gasteiger partial charge in [0.15, 0.2) is 17.5 Å². The summed E-state index contributed by atoms with van der Waals surface area (Å²) >= 11 is 0. The number of rotatable bonds is 3. The van der Waals surface area contributed by atoms with Crippen molar-refractivity contribution in [2.75, 3.05) is 39.8 Å². The van der Waals surface area contributed by atoms with E-state index in [1.807, 2.05) is 0 Å².